The molecule has 1 aliphatic heterocycles. The van der Waals surface area contributed by atoms with Gasteiger partial charge in [0.05, 0.1) is 30.1 Å². The van der Waals surface area contributed by atoms with E-state index in [1.165, 1.54) is 22.5 Å². The van der Waals surface area contributed by atoms with Gasteiger partial charge in [0, 0.05) is 18.0 Å². The van der Waals surface area contributed by atoms with Gasteiger partial charge in [-0.15, -0.1) is 11.3 Å². The van der Waals surface area contributed by atoms with Gasteiger partial charge in [0.25, 0.3) is 0 Å². The lowest BCUT2D eigenvalue weighted by atomic mass is 10.1. The number of esters is 1. The smallest absolute Gasteiger partial charge is 0.338 e. The summed E-state index contributed by atoms with van der Waals surface area (Å²) in [7, 11) is 0. The maximum absolute atomic E-state index is 12.4. The van der Waals surface area contributed by atoms with Crippen molar-refractivity contribution in [2.24, 2.45) is 0 Å². The minimum atomic E-state index is -0.479. The molecular weight excluding hydrogens is 390 g/mol. The van der Waals surface area contributed by atoms with Gasteiger partial charge in [-0.3, -0.25) is 9.59 Å². The third kappa shape index (κ3) is 4.74. The van der Waals surface area contributed by atoms with Gasteiger partial charge < -0.3 is 14.4 Å². The van der Waals surface area contributed by atoms with Crippen molar-refractivity contribution in [1.82, 2.24) is 4.90 Å². The summed E-state index contributed by atoms with van der Waals surface area (Å²) in [6, 6.07) is 9.08. The van der Waals surface area contributed by atoms with E-state index in [9.17, 15) is 14.4 Å². The van der Waals surface area contributed by atoms with Gasteiger partial charge in [-0.25, -0.2) is 4.79 Å². The molecule has 0 unspecified atom stereocenters. The van der Waals surface area contributed by atoms with Gasteiger partial charge in [-0.05, 0) is 54.7 Å². The Morgan fingerprint density at radius 1 is 1.03 bits per heavy atom. The van der Waals surface area contributed by atoms with Crippen LogP contribution >= 0.6 is 11.3 Å². The largest absolute Gasteiger partial charge is 0.454 e. The van der Waals surface area contributed by atoms with Gasteiger partial charge in [0.15, 0.2) is 6.61 Å². The average Bonchev–Trinajstić information content (AvgIpc) is 3.41. The maximum atomic E-state index is 12.4. The van der Waals surface area contributed by atoms with Crippen molar-refractivity contribution in [3.63, 3.8) is 0 Å². The number of Topliss-reactive ketones (excluding diaryl/α,β-unsaturated/α-hetero) is 1. The minimum absolute atomic E-state index is 0.0391. The first-order valence-electron chi connectivity index (χ1n) is 9.86. The van der Waals surface area contributed by atoms with Crippen LogP contribution in [0.1, 0.15) is 42.5 Å². The molecule has 0 radical (unpaired) electrons. The van der Waals surface area contributed by atoms with Crippen molar-refractivity contribution in [1.29, 1.82) is 0 Å². The number of aryl methyl sites for hydroxylation is 2. The molecule has 0 N–H and O–H groups in total. The molecule has 1 aliphatic carbocycles. The number of benzene rings is 1. The highest BCUT2D eigenvalue weighted by molar-refractivity contribution is 7.14. The molecule has 152 valence electrons. The number of fused-ring (bicyclic) bond motifs is 1. The van der Waals surface area contributed by atoms with Gasteiger partial charge in [-0.1, -0.05) is 6.07 Å². The number of carbonyl (C=O) groups excluding carboxylic acids is 3. The quantitative estimate of drug-likeness (QED) is 0.538. The molecule has 1 amide bonds. The minimum Gasteiger partial charge on any atom is -0.454 e. The predicted molar refractivity (Wildman–Crippen MR) is 109 cm³/mol. The molecule has 2 heterocycles. The van der Waals surface area contributed by atoms with Crippen molar-refractivity contribution in [2.45, 2.75) is 25.7 Å². The van der Waals surface area contributed by atoms with Crippen molar-refractivity contribution in [2.75, 3.05) is 32.9 Å². The van der Waals surface area contributed by atoms with Gasteiger partial charge in [0.2, 0.25) is 11.7 Å². The molecule has 7 heteroatoms. The van der Waals surface area contributed by atoms with Crippen molar-refractivity contribution < 1.29 is 23.9 Å². The summed E-state index contributed by atoms with van der Waals surface area (Å²) in [6.07, 6.45) is 3.42. The summed E-state index contributed by atoms with van der Waals surface area (Å²) in [5.41, 5.74) is 2.97. The molecule has 2 aromatic rings. The zero-order valence-electron chi connectivity index (χ0n) is 16.1. The molecule has 0 spiro atoms. The van der Waals surface area contributed by atoms with Crippen LogP contribution in [-0.4, -0.2) is 55.5 Å². The van der Waals surface area contributed by atoms with E-state index in [1.807, 2.05) is 12.1 Å². The highest BCUT2D eigenvalue weighted by Crippen LogP contribution is 2.23. The first-order valence-corrected chi connectivity index (χ1v) is 10.7. The number of thiophene rings is 1. The van der Waals surface area contributed by atoms with Gasteiger partial charge >= 0.3 is 5.97 Å². The number of hydrogen-bond donors (Lipinski definition) is 0. The van der Waals surface area contributed by atoms with Crippen LogP contribution in [0.2, 0.25) is 0 Å². The van der Waals surface area contributed by atoms with Crippen LogP contribution in [0.3, 0.4) is 0 Å². The second-order valence-corrected chi connectivity index (χ2v) is 8.44. The van der Waals surface area contributed by atoms with Crippen LogP contribution in [0, 0.1) is 0 Å². The average molecular weight is 413 g/mol. The van der Waals surface area contributed by atoms with E-state index in [0.717, 1.165) is 24.1 Å². The van der Waals surface area contributed by atoms with E-state index in [1.54, 1.807) is 23.1 Å². The van der Waals surface area contributed by atoms with Crippen LogP contribution in [-0.2, 0) is 33.5 Å². The molecule has 1 saturated heterocycles. The Labute approximate surface area is 173 Å². The summed E-state index contributed by atoms with van der Waals surface area (Å²) in [6.45, 7) is 2.04. The topological polar surface area (TPSA) is 72.9 Å². The first kappa shape index (κ1) is 19.8. The van der Waals surface area contributed by atoms with Crippen molar-refractivity contribution >= 4 is 29.0 Å². The Kier molecular flexibility index (Phi) is 6.06. The number of hydrogen-bond acceptors (Lipinski definition) is 6. The fraction of sp³-hybridized carbons (Fsp3) is 0.409. The number of carbonyl (C=O) groups is 3. The Hall–Kier alpha value is -2.51. The monoisotopic (exact) mass is 413 g/mol. The maximum Gasteiger partial charge on any atom is 0.338 e. The van der Waals surface area contributed by atoms with Gasteiger partial charge in [-0.2, -0.15) is 0 Å². The lowest BCUT2D eigenvalue weighted by molar-refractivity contribution is -0.134. The summed E-state index contributed by atoms with van der Waals surface area (Å²) < 4.78 is 10.5. The fourth-order valence-electron chi connectivity index (χ4n) is 3.68. The molecule has 0 saturated carbocycles. The zero-order chi connectivity index (χ0) is 20.2. The summed E-state index contributed by atoms with van der Waals surface area (Å²) in [4.78, 5) is 40.1. The Bertz CT molecular complexity index is 929. The molecule has 29 heavy (non-hydrogen) atoms. The normalized spacial score (nSPS) is 15.8. The number of rotatable bonds is 6. The van der Waals surface area contributed by atoms with Crippen molar-refractivity contribution in [3.05, 3.63) is 56.8 Å². The molecule has 4 rings (SSSR count). The fourth-order valence-corrected chi connectivity index (χ4v) is 4.60. The van der Waals surface area contributed by atoms with E-state index in [-0.39, 0.29) is 24.7 Å². The Balaban J connectivity index is 1.30. The van der Waals surface area contributed by atoms with Crippen LogP contribution < -0.4 is 0 Å². The lowest BCUT2D eigenvalue weighted by Gasteiger charge is -2.26. The SMILES string of the molecule is O=C(OCC(=O)c1ccc(CC(=O)N2CCOCC2)s1)c1ccc2c(c1)CCC2. The first-order chi connectivity index (χ1) is 14.1. The second-order valence-electron chi connectivity index (χ2n) is 7.27. The highest BCUT2D eigenvalue weighted by atomic mass is 32.1. The molecule has 0 atom stereocenters. The number of nitrogens with zero attached hydrogens (tertiary/aromatic N) is 1. The molecule has 0 bridgehead atoms. The van der Waals surface area contributed by atoms with E-state index < -0.39 is 5.97 Å². The van der Waals surface area contributed by atoms with Crippen molar-refractivity contribution in [3.8, 4) is 0 Å². The zero-order valence-corrected chi connectivity index (χ0v) is 17.0. The Morgan fingerprint density at radius 2 is 1.83 bits per heavy atom. The number of ether oxygens (including phenoxy) is 2. The third-order valence-corrected chi connectivity index (χ3v) is 6.42. The van der Waals surface area contributed by atoms with Crippen LogP contribution in [0.15, 0.2) is 30.3 Å². The van der Waals surface area contributed by atoms with Crippen LogP contribution in [0.4, 0.5) is 0 Å². The molecular formula is C22H23NO5S. The van der Waals surface area contributed by atoms with Crippen LogP contribution in [0.25, 0.3) is 0 Å². The number of morpholine rings is 1. The van der Waals surface area contributed by atoms with E-state index in [0.29, 0.717) is 36.7 Å². The molecule has 2 aliphatic rings. The molecule has 1 aromatic heterocycles. The molecule has 6 nitrogen and oxygen atoms in total. The number of amides is 1. The molecule has 1 aromatic carbocycles. The van der Waals surface area contributed by atoms with E-state index in [4.69, 9.17) is 9.47 Å². The summed E-state index contributed by atoms with van der Waals surface area (Å²) >= 11 is 1.28. The standard InChI is InChI=1S/C22H23NO5S/c24-19(14-28-22(26)17-5-4-15-2-1-3-16(15)12-17)20-7-6-18(29-20)13-21(25)23-8-10-27-11-9-23/h4-7,12H,1-3,8-11,13-14H2. The van der Waals surface area contributed by atoms with Gasteiger partial charge in [0.1, 0.15) is 0 Å². The summed E-state index contributed by atoms with van der Waals surface area (Å²) in [5, 5.41) is 0. The third-order valence-electron chi connectivity index (χ3n) is 5.29. The highest BCUT2D eigenvalue weighted by Gasteiger charge is 2.20. The second kappa shape index (κ2) is 8.88. The van der Waals surface area contributed by atoms with Crippen LogP contribution in [0.5, 0.6) is 0 Å². The van der Waals surface area contributed by atoms with E-state index in [2.05, 4.69) is 0 Å². The predicted octanol–water partition coefficient (Wildman–Crippen LogP) is 2.68. The van der Waals surface area contributed by atoms with E-state index >= 15 is 0 Å². The summed E-state index contributed by atoms with van der Waals surface area (Å²) in [5.74, 6) is -0.695. The molecule has 1 fully saturated rings. The number of ketones is 1. The Morgan fingerprint density at radius 3 is 2.66 bits per heavy atom. The lowest BCUT2D eigenvalue weighted by Crippen LogP contribution is -2.41.